The molecule has 1 aromatic carbocycles. The molecule has 5 N–H and O–H groups in total. The number of nitrogens with one attached hydrogen (secondary N) is 3. The molecule has 1 aliphatic heterocycles. The first-order valence-electron chi connectivity index (χ1n) is 9.95. The third kappa shape index (κ3) is 5.46. The topological polar surface area (TPSA) is 138 Å². The van der Waals surface area contributed by atoms with Crippen molar-refractivity contribution < 1.29 is 19.1 Å². The van der Waals surface area contributed by atoms with Gasteiger partial charge in [0.15, 0.2) is 0 Å². The second kappa shape index (κ2) is 9.82. The van der Waals surface area contributed by atoms with Gasteiger partial charge >= 0.3 is 0 Å². The number of nitrogens with zero attached hydrogens (tertiary/aromatic N) is 1. The van der Waals surface area contributed by atoms with Crippen molar-refractivity contribution in [1.82, 2.24) is 10.2 Å². The Morgan fingerprint density at radius 2 is 2.03 bits per heavy atom. The molecule has 0 unspecified atom stereocenters. The van der Waals surface area contributed by atoms with Crippen molar-refractivity contribution in [3.8, 4) is 0 Å². The summed E-state index contributed by atoms with van der Waals surface area (Å²) in [4.78, 5) is 38.6. The van der Waals surface area contributed by atoms with Crippen LogP contribution in [0.3, 0.4) is 0 Å². The summed E-state index contributed by atoms with van der Waals surface area (Å²) >= 11 is 18.0. The molecule has 174 valence electrons. The van der Waals surface area contributed by atoms with Gasteiger partial charge in [-0.2, -0.15) is 0 Å². The van der Waals surface area contributed by atoms with Crippen LogP contribution in [0.1, 0.15) is 18.4 Å². The van der Waals surface area contributed by atoms with Gasteiger partial charge in [0.05, 0.1) is 12.6 Å². The standard InChI is InChI=1S/C20H24Cl3N5O4/c1-32-14-4-5-28(17(14)19(31)27-8-10-7-20(10,22)23)15(29)9-26-13-6-11(21)2-3-12(13)16(24)18(25)30/h2-3,6,10,14,17,24,26H,4-5,7-9H2,1H3,(H2,25,30)(H,27,31)/t10-,14-,17+/m1/s1. The monoisotopic (exact) mass is 503 g/mol. The number of nitrogens with two attached hydrogens (primary N) is 1. The van der Waals surface area contributed by atoms with E-state index in [2.05, 4.69) is 10.6 Å². The number of hydrogen-bond donors (Lipinski definition) is 4. The predicted molar refractivity (Wildman–Crippen MR) is 122 cm³/mol. The van der Waals surface area contributed by atoms with Gasteiger partial charge in [-0.1, -0.05) is 11.6 Å². The van der Waals surface area contributed by atoms with Gasteiger partial charge in [-0.05, 0) is 31.0 Å². The Kier molecular flexibility index (Phi) is 7.54. The molecule has 1 saturated carbocycles. The fourth-order valence-corrected chi connectivity index (χ4v) is 4.41. The first-order chi connectivity index (χ1) is 15.0. The van der Waals surface area contributed by atoms with Crippen molar-refractivity contribution in [3.63, 3.8) is 0 Å². The van der Waals surface area contributed by atoms with Gasteiger partial charge in [0.2, 0.25) is 11.8 Å². The normalized spacial score (nSPS) is 23.5. The molecule has 1 saturated heterocycles. The molecule has 3 atom stereocenters. The molecule has 2 fully saturated rings. The summed E-state index contributed by atoms with van der Waals surface area (Å²) in [5.74, 6) is -1.62. The first kappa shape index (κ1) is 24.6. The molecular weight excluding hydrogens is 481 g/mol. The van der Waals surface area contributed by atoms with E-state index in [0.29, 0.717) is 36.6 Å². The van der Waals surface area contributed by atoms with Gasteiger partial charge in [-0.25, -0.2) is 0 Å². The van der Waals surface area contributed by atoms with E-state index in [1.165, 1.54) is 30.2 Å². The van der Waals surface area contributed by atoms with Gasteiger partial charge in [-0.15, -0.1) is 23.2 Å². The van der Waals surface area contributed by atoms with Crippen LogP contribution in [0.5, 0.6) is 0 Å². The Balaban J connectivity index is 1.67. The maximum absolute atomic E-state index is 13.0. The van der Waals surface area contributed by atoms with E-state index in [4.69, 9.17) is 50.7 Å². The average Bonchev–Trinajstić information content (AvgIpc) is 3.15. The number of anilines is 1. The number of likely N-dealkylation sites (tertiary alicyclic amines) is 1. The third-order valence-electron chi connectivity index (χ3n) is 5.64. The molecule has 32 heavy (non-hydrogen) atoms. The highest BCUT2D eigenvalue weighted by Crippen LogP contribution is 2.52. The molecule has 1 aromatic rings. The van der Waals surface area contributed by atoms with Crippen LogP contribution in [0.4, 0.5) is 5.69 Å². The van der Waals surface area contributed by atoms with E-state index in [0.717, 1.165) is 0 Å². The predicted octanol–water partition coefficient (Wildman–Crippen LogP) is 1.53. The van der Waals surface area contributed by atoms with Crippen LogP contribution >= 0.6 is 34.8 Å². The number of primary amides is 1. The fourth-order valence-electron chi connectivity index (χ4n) is 3.71. The molecule has 0 radical (unpaired) electrons. The quantitative estimate of drug-likeness (QED) is 0.298. The largest absolute Gasteiger partial charge is 0.379 e. The molecule has 3 amide bonds. The maximum Gasteiger partial charge on any atom is 0.267 e. The Morgan fingerprint density at radius 3 is 2.62 bits per heavy atom. The van der Waals surface area contributed by atoms with Crippen molar-refractivity contribution in [2.75, 3.05) is 32.1 Å². The first-order valence-corrected chi connectivity index (χ1v) is 11.1. The smallest absolute Gasteiger partial charge is 0.267 e. The molecule has 12 heteroatoms. The number of methoxy groups -OCH3 is 1. The van der Waals surface area contributed by atoms with Crippen molar-refractivity contribution in [2.24, 2.45) is 11.7 Å². The molecule has 0 spiro atoms. The second-order valence-electron chi connectivity index (χ2n) is 7.78. The minimum atomic E-state index is -0.908. The lowest BCUT2D eigenvalue weighted by Gasteiger charge is -2.27. The molecule has 1 aliphatic carbocycles. The van der Waals surface area contributed by atoms with E-state index < -0.39 is 28.1 Å². The van der Waals surface area contributed by atoms with Crippen molar-refractivity contribution in [1.29, 1.82) is 5.41 Å². The molecule has 1 heterocycles. The lowest BCUT2D eigenvalue weighted by Crippen LogP contribution is -2.52. The summed E-state index contributed by atoms with van der Waals surface area (Å²) < 4.78 is 4.61. The average molecular weight is 505 g/mol. The molecule has 0 bridgehead atoms. The Labute approximate surface area is 200 Å². The number of hydrogen-bond acceptors (Lipinski definition) is 6. The molecule has 0 aromatic heterocycles. The van der Waals surface area contributed by atoms with Gasteiger partial charge < -0.3 is 26.0 Å². The molecule has 9 nitrogen and oxygen atoms in total. The van der Waals surface area contributed by atoms with Crippen LogP contribution in [0.25, 0.3) is 0 Å². The highest BCUT2D eigenvalue weighted by atomic mass is 35.5. The minimum Gasteiger partial charge on any atom is -0.379 e. The van der Waals surface area contributed by atoms with Gasteiger partial charge in [-0.3, -0.25) is 19.8 Å². The number of carbonyl (C=O) groups is 3. The number of ether oxygens (including phenoxy) is 1. The fraction of sp³-hybridized carbons (Fsp3) is 0.500. The maximum atomic E-state index is 13.0. The van der Waals surface area contributed by atoms with Crippen molar-refractivity contribution in [2.45, 2.75) is 29.3 Å². The van der Waals surface area contributed by atoms with Gasteiger partial charge in [0.25, 0.3) is 5.91 Å². The zero-order chi connectivity index (χ0) is 23.6. The molecule has 3 rings (SSSR count). The number of benzene rings is 1. The van der Waals surface area contributed by atoms with Crippen molar-refractivity contribution in [3.05, 3.63) is 28.8 Å². The lowest BCUT2D eigenvalue weighted by atomic mass is 10.1. The SMILES string of the molecule is CO[C@@H]1CCN(C(=O)CNc2cc(Cl)ccc2C(=N)C(N)=O)[C@@H]1C(=O)NC[C@H]1CC1(Cl)Cl. The van der Waals surface area contributed by atoms with Crippen LogP contribution < -0.4 is 16.4 Å². The minimum absolute atomic E-state index is 0.0233. The van der Waals surface area contributed by atoms with Gasteiger partial charge in [0.1, 0.15) is 16.1 Å². The summed E-state index contributed by atoms with van der Waals surface area (Å²) in [7, 11) is 1.49. The van der Waals surface area contributed by atoms with Crippen LogP contribution in [0.2, 0.25) is 5.02 Å². The molecule has 2 aliphatic rings. The highest BCUT2D eigenvalue weighted by Gasteiger charge is 2.52. The lowest BCUT2D eigenvalue weighted by molar-refractivity contribution is -0.139. The van der Waals surface area contributed by atoms with Gasteiger partial charge in [0, 0.05) is 42.4 Å². The summed E-state index contributed by atoms with van der Waals surface area (Å²) in [6.07, 6.45) is 0.663. The number of amides is 3. The molecular formula is C20H24Cl3N5O4. The third-order valence-corrected chi connectivity index (χ3v) is 6.80. The van der Waals surface area contributed by atoms with E-state index in [1.54, 1.807) is 0 Å². The second-order valence-corrected chi connectivity index (χ2v) is 9.76. The van der Waals surface area contributed by atoms with E-state index in [9.17, 15) is 14.4 Å². The number of rotatable bonds is 9. The summed E-state index contributed by atoms with van der Waals surface area (Å²) in [5, 5.41) is 13.9. The highest BCUT2D eigenvalue weighted by molar-refractivity contribution is 6.50. The zero-order valence-corrected chi connectivity index (χ0v) is 19.6. The Morgan fingerprint density at radius 1 is 1.34 bits per heavy atom. The zero-order valence-electron chi connectivity index (χ0n) is 17.3. The van der Waals surface area contributed by atoms with Crippen LogP contribution in [-0.4, -0.2) is 71.6 Å². The number of alkyl halides is 2. The summed E-state index contributed by atoms with van der Waals surface area (Å²) in [5.41, 5.74) is 5.33. The summed E-state index contributed by atoms with van der Waals surface area (Å²) in [6.45, 7) is 0.476. The van der Waals surface area contributed by atoms with E-state index >= 15 is 0 Å². The van der Waals surface area contributed by atoms with E-state index in [1.807, 2.05) is 0 Å². The Bertz CT molecular complexity index is 942. The van der Waals surface area contributed by atoms with Crippen molar-refractivity contribution >= 4 is 63.9 Å². The van der Waals surface area contributed by atoms with Crippen LogP contribution in [0.15, 0.2) is 18.2 Å². The Hall–Kier alpha value is -2.07. The number of carbonyl (C=O) groups excluding carboxylic acids is 3. The summed E-state index contributed by atoms with van der Waals surface area (Å²) in [6, 6.07) is 3.69. The van der Waals surface area contributed by atoms with Crippen LogP contribution in [-0.2, 0) is 19.1 Å². The van der Waals surface area contributed by atoms with E-state index in [-0.39, 0.29) is 29.8 Å². The number of halogens is 3. The van der Waals surface area contributed by atoms with Crippen LogP contribution in [0, 0.1) is 11.3 Å².